The second kappa shape index (κ2) is 7.01. The van der Waals surface area contributed by atoms with Gasteiger partial charge in [0.15, 0.2) is 0 Å². The minimum absolute atomic E-state index is 0.0645. The lowest BCUT2D eigenvalue weighted by molar-refractivity contribution is 0.0943. The molecule has 1 aliphatic rings. The smallest absolute Gasteiger partial charge is 0.254 e. The van der Waals surface area contributed by atoms with Crippen molar-refractivity contribution in [3.8, 4) is 0 Å². The van der Waals surface area contributed by atoms with E-state index in [1.807, 2.05) is 0 Å². The van der Waals surface area contributed by atoms with E-state index in [4.69, 9.17) is 0 Å². The summed E-state index contributed by atoms with van der Waals surface area (Å²) >= 11 is 3.29. The molecule has 0 aromatic carbocycles. The molecule has 1 saturated heterocycles. The number of halogens is 1. The van der Waals surface area contributed by atoms with Gasteiger partial charge in [-0.05, 0) is 59.9 Å². The lowest BCUT2D eigenvalue weighted by Crippen LogP contribution is -2.39. The van der Waals surface area contributed by atoms with Crippen LogP contribution in [0.2, 0.25) is 0 Å². The average Bonchev–Trinajstić information content (AvgIpc) is 2.41. The Morgan fingerprint density at radius 2 is 2.26 bits per heavy atom. The zero-order chi connectivity index (χ0) is 13.7. The van der Waals surface area contributed by atoms with Gasteiger partial charge in [-0.25, -0.2) is 4.98 Å². The third-order valence-electron chi connectivity index (χ3n) is 3.59. The van der Waals surface area contributed by atoms with Crippen molar-refractivity contribution >= 4 is 21.8 Å². The maximum atomic E-state index is 12.0. The number of nitrogens with zero attached hydrogens (tertiary/aromatic N) is 2. The van der Waals surface area contributed by atoms with Gasteiger partial charge in [0.25, 0.3) is 5.91 Å². The van der Waals surface area contributed by atoms with Crippen molar-refractivity contribution in [3.05, 3.63) is 28.5 Å². The van der Waals surface area contributed by atoms with Gasteiger partial charge in [-0.1, -0.05) is 6.92 Å². The number of aromatic nitrogens is 1. The van der Waals surface area contributed by atoms with Crippen LogP contribution in [0.5, 0.6) is 0 Å². The fourth-order valence-electron chi connectivity index (χ4n) is 2.26. The van der Waals surface area contributed by atoms with E-state index in [9.17, 15) is 4.79 Å². The van der Waals surface area contributed by atoms with E-state index in [-0.39, 0.29) is 5.91 Å². The highest BCUT2D eigenvalue weighted by molar-refractivity contribution is 9.10. The van der Waals surface area contributed by atoms with Crippen LogP contribution < -0.4 is 5.32 Å². The Balaban J connectivity index is 1.74. The predicted octanol–water partition coefficient (Wildman–Crippen LogP) is 2.31. The number of rotatable bonds is 4. The van der Waals surface area contributed by atoms with E-state index in [1.165, 1.54) is 12.8 Å². The number of hydrogen-bond acceptors (Lipinski definition) is 3. The van der Waals surface area contributed by atoms with Gasteiger partial charge >= 0.3 is 0 Å². The summed E-state index contributed by atoms with van der Waals surface area (Å²) in [5.74, 6) is 0.780. The van der Waals surface area contributed by atoms with Crippen molar-refractivity contribution in [1.29, 1.82) is 0 Å². The number of carbonyl (C=O) groups excluding carboxylic acids is 1. The van der Waals surface area contributed by atoms with Gasteiger partial charge in [-0.3, -0.25) is 4.79 Å². The maximum absolute atomic E-state index is 12.0. The van der Waals surface area contributed by atoms with Crippen LogP contribution in [0.1, 0.15) is 30.1 Å². The fraction of sp³-hybridized carbons (Fsp3) is 0.571. The van der Waals surface area contributed by atoms with Crippen molar-refractivity contribution < 1.29 is 4.79 Å². The molecule has 0 radical (unpaired) electrons. The van der Waals surface area contributed by atoms with Crippen LogP contribution in [0.15, 0.2) is 22.9 Å². The van der Waals surface area contributed by atoms with Crippen molar-refractivity contribution in [2.24, 2.45) is 5.92 Å². The molecule has 104 valence electrons. The summed E-state index contributed by atoms with van der Waals surface area (Å²) in [4.78, 5) is 18.4. The Kier molecular flexibility index (Phi) is 5.34. The molecule has 0 unspecified atom stereocenters. The molecule has 2 heterocycles. The Morgan fingerprint density at radius 1 is 1.53 bits per heavy atom. The number of amides is 1. The molecule has 0 aliphatic carbocycles. The Labute approximate surface area is 122 Å². The van der Waals surface area contributed by atoms with Crippen LogP contribution in [-0.2, 0) is 0 Å². The molecule has 4 nitrogen and oxygen atoms in total. The third-order valence-corrected chi connectivity index (χ3v) is 4.23. The molecule has 1 N–H and O–H groups in total. The summed E-state index contributed by atoms with van der Waals surface area (Å²) in [6.07, 6.45) is 4.19. The van der Waals surface area contributed by atoms with Gasteiger partial charge in [0, 0.05) is 19.3 Å². The quantitative estimate of drug-likeness (QED) is 0.864. The molecular formula is C14H20BrN3O. The molecule has 19 heavy (non-hydrogen) atoms. The number of carbonyl (C=O) groups is 1. The standard InChI is InChI=1S/C14H20BrN3O/c1-11-4-8-18(9-5-11)10-7-17-14(19)12-3-2-6-16-13(12)15/h2-3,6,11H,4-5,7-10H2,1H3,(H,17,19). The van der Waals surface area contributed by atoms with Crippen LogP contribution in [0, 0.1) is 5.92 Å². The van der Waals surface area contributed by atoms with Gasteiger partial charge in [0.05, 0.1) is 5.56 Å². The van der Waals surface area contributed by atoms with Crippen molar-refractivity contribution in [3.63, 3.8) is 0 Å². The highest BCUT2D eigenvalue weighted by Crippen LogP contribution is 2.15. The minimum Gasteiger partial charge on any atom is -0.351 e. The average molecular weight is 326 g/mol. The minimum atomic E-state index is -0.0645. The topological polar surface area (TPSA) is 45.2 Å². The number of pyridine rings is 1. The van der Waals surface area contributed by atoms with Crippen molar-refractivity contribution in [1.82, 2.24) is 15.2 Å². The van der Waals surface area contributed by atoms with Crippen LogP contribution in [0.25, 0.3) is 0 Å². The molecule has 0 spiro atoms. The zero-order valence-corrected chi connectivity index (χ0v) is 12.8. The number of hydrogen-bond donors (Lipinski definition) is 1. The number of piperidine rings is 1. The maximum Gasteiger partial charge on any atom is 0.254 e. The summed E-state index contributed by atoms with van der Waals surface area (Å²) in [7, 11) is 0. The summed E-state index contributed by atoms with van der Waals surface area (Å²) < 4.78 is 0.597. The highest BCUT2D eigenvalue weighted by Gasteiger charge is 2.15. The van der Waals surface area contributed by atoms with Crippen molar-refractivity contribution in [2.45, 2.75) is 19.8 Å². The molecule has 1 aliphatic heterocycles. The molecule has 1 fully saturated rings. The molecule has 0 bridgehead atoms. The van der Waals surface area contributed by atoms with E-state index in [1.54, 1.807) is 18.3 Å². The first-order valence-corrected chi connectivity index (χ1v) is 7.57. The van der Waals surface area contributed by atoms with E-state index >= 15 is 0 Å². The lowest BCUT2D eigenvalue weighted by atomic mass is 9.99. The SMILES string of the molecule is CC1CCN(CCNC(=O)c2cccnc2Br)CC1. The second-order valence-electron chi connectivity index (χ2n) is 5.12. The van der Waals surface area contributed by atoms with Crippen LogP contribution in [-0.4, -0.2) is 42.0 Å². The largest absolute Gasteiger partial charge is 0.351 e. The molecule has 1 aromatic heterocycles. The van der Waals surface area contributed by atoms with E-state index < -0.39 is 0 Å². The summed E-state index contributed by atoms with van der Waals surface area (Å²) in [6.45, 7) is 6.21. The Morgan fingerprint density at radius 3 is 2.95 bits per heavy atom. The van der Waals surface area contributed by atoms with E-state index in [0.29, 0.717) is 16.7 Å². The molecule has 2 rings (SSSR count). The van der Waals surface area contributed by atoms with E-state index in [0.717, 1.165) is 25.6 Å². The predicted molar refractivity (Wildman–Crippen MR) is 79.1 cm³/mol. The fourth-order valence-corrected chi connectivity index (χ4v) is 2.69. The number of likely N-dealkylation sites (tertiary alicyclic amines) is 1. The van der Waals surface area contributed by atoms with Gasteiger partial charge in [-0.2, -0.15) is 0 Å². The van der Waals surface area contributed by atoms with Gasteiger partial charge in [-0.15, -0.1) is 0 Å². The molecule has 5 heteroatoms. The van der Waals surface area contributed by atoms with E-state index in [2.05, 4.69) is 38.1 Å². The van der Waals surface area contributed by atoms with Crippen LogP contribution in [0.3, 0.4) is 0 Å². The first kappa shape index (κ1) is 14.5. The normalized spacial score (nSPS) is 17.4. The molecule has 1 aromatic rings. The molecular weight excluding hydrogens is 306 g/mol. The summed E-state index contributed by atoms with van der Waals surface area (Å²) in [6, 6.07) is 3.54. The van der Waals surface area contributed by atoms with Crippen LogP contribution in [0.4, 0.5) is 0 Å². The van der Waals surface area contributed by atoms with Gasteiger partial charge in [0.1, 0.15) is 4.60 Å². The molecule has 0 saturated carbocycles. The second-order valence-corrected chi connectivity index (χ2v) is 5.87. The third kappa shape index (κ3) is 4.28. The molecule has 0 atom stereocenters. The van der Waals surface area contributed by atoms with Gasteiger partial charge < -0.3 is 10.2 Å². The zero-order valence-electron chi connectivity index (χ0n) is 11.2. The van der Waals surface area contributed by atoms with Crippen molar-refractivity contribution in [2.75, 3.05) is 26.2 Å². The van der Waals surface area contributed by atoms with Gasteiger partial charge in [0.2, 0.25) is 0 Å². The monoisotopic (exact) mass is 325 g/mol. The first-order chi connectivity index (χ1) is 9.16. The first-order valence-electron chi connectivity index (χ1n) is 6.78. The summed E-state index contributed by atoms with van der Waals surface area (Å²) in [5, 5.41) is 2.95. The number of nitrogens with one attached hydrogen (secondary N) is 1. The Hall–Kier alpha value is -0.940. The molecule has 1 amide bonds. The lowest BCUT2D eigenvalue weighted by Gasteiger charge is -2.30. The Bertz CT molecular complexity index is 430. The summed E-state index contributed by atoms with van der Waals surface area (Å²) in [5.41, 5.74) is 0.592. The van der Waals surface area contributed by atoms with Crippen LogP contribution >= 0.6 is 15.9 Å². The highest BCUT2D eigenvalue weighted by atomic mass is 79.9.